The summed E-state index contributed by atoms with van der Waals surface area (Å²) in [4.78, 5) is 15.1. The van der Waals surface area contributed by atoms with E-state index in [-0.39, 0.29) is 29.4 Å². The van der Waals surface area contributed by atoms with Gasteiger partial charge in [-0.05, 0) is 179 Å². The number of nitrogens with zero attached hydrogens (tertiary/aromatic N) is 1. The van der Waals surface area contributed by atoms with Gasteiger partial charge in [0.05, 0.1) is 18.7 Å². The molecule has 1 saturated heterocycles. The van der Waals surface area contributed by atoms with E-state index in [0.29, 0.717) is 28.4 Å². The van der Waals surface area contributed by atoms with Gasteiger partial charge >= 0.3 is 5.97 Å². The predicted molar refractivity (Wildman–Crippen MR) is 199 cm³/mol. The van der Waals surface area contributed by atoms with Crippen LogP contribution in [0.3, 0.4) is 0 Å². The van der Waals surface area contributed by atoms with Gasteiger partial charge in [0.1, 0.15) is 0 Å². The van der Waals surface area contributed by atoms with Crippen LogP contribution in [0.4, 0.5) is 4.39 Å². The molecule has 0 aromatic rings. The summed E-state index contributed by atoms with van der Waals surface area (Å²) in [6.45, 7) is 21.9. The van der Waals surface area contributed by atoms with Crippen LogP contribution in [0.2, 0.25) is 0 Å². The van der Waals surface area contributed by atoms with Gasteiger partial charge in [0.25, 0.3) is 0 Å². The van der Waals surface area contributed by atoms with Crippen molar-refractivity contribution in [2.45, 2.75) is 150 Å². The smallest absolute Gasteiger partial charge is 0.311 e. The lowest BCUT2D eigenvalue weighted by molar-refractivity contribution is -0.218. The van der Waals surface area contributed by atoms with Crippen LogP contribution in [0.1, 0.15) is 145 Å². The summed E-state index contributed by atoms with van der Waals surface area (Å²) < 4.78 is 18.8. The Hall–Kier alpha value is -1.20. The third kappa shape index (κ3) is 5.66. The Morgan fingerprint density at radius 2 is 1.65 bits per heavy atom. The second-order valence-corrected chi connectivity index (χ2v) is 19.9. The number of hydrogen-bond acceptors (Lipinski definition) is 4. The number of fused-ring (bicyclic) bond motifs is 7. The molecule has 5 fully saturated rings. The molecule has 8 unspecified atom stereocenters. The zero-order valence-corrected chi connectivity index (χ0v) is 32.5. The van der Waals surface area contributed by atoms with Gasteiger partial charge < -0.3 is 15.0 Å². The Labute approximate surface area is 299 Å². The molecule has 4 nitrogen and oxygen atoms in total. The second kappa shape index (κ2) is 13.0. The Bertz CT molecular complexity index is 1310. The summed E-state index contributed by atoms with van der Waals surface area (Å²) in [6.07, 6.45) is 23.6. The molecule has 1 N–H and O–H groups in total. The lowest BCUT2D eigenvalue weighted by Crippen LogP contribution is -2.67. The maximum absolute atomic E-state index is 13.4. The Morgan fingerprint density at radius 1 is 0.878 bits per heavy atom. The summed E-state index contributed by atoms with van der Waals surface area (Å²) in [7, 11) is 0. The SMILES string of the molecule is CCOC(=O)C1(C)CCN(CCNC23CCCC2C2CCC4C5(C)CC=C(C6=CCC(CF)CC6)C(C)(C)C5CCC4(C)[C@]2(C)CC3)CC1. The number of halogens is 1. The summed E-state index contributed by atoms with van der Waals surface area (Å²) in [5, 5.41) is 4.28. The maximum atomic E-state index is 13.4. The lowest BCUT2D eigenvalue weighted by Gasteiger charge is -2.72. The minimum atomic E-state index is -0.311. The fourth-order valence-corrected chi connectivity index (χ4v) is 14.5. The molecule has 0 aromatic carbocycles. The van der Waals surface area contributed by atoms with E-state index in [0.717, 1.165) is 82.0 Å². The first kappa shape index (κ1) is 36.2. The van der Waals surface area contributed by atoms with Crippen molar-refractivity contribution in [1.29, 1.82) is 0 Å². The van der Waals surface area contributed by atoms with Crippen molar-refractivity contribution in [2.24, 2.45) is 56.7 Å². The number of alkyl halides is 1. The van der Waals surface area contributed by atoms with Crippen molar-refractivity contribution in [3.8, 4) is 0 Å². The number of nitrogens with one attached hydrogen (secondary N) is 1. The monoisotopic (exact) mass is 679 g/mol. The number of likely N-dealkylation sites (tertiary alicyclic amines) is 1. The van der Waals surface area contributed by atoms with Crippen molar-refractivity contribution in [2.75, 3.05) is 39.5 Å². The predicted octanol–water partition coefficient (Wildman–Crippen LogP) is 10.1. The number of hydrogen-bond donors (Lipinski definition) is 1. The van der Waals surface area contributed by atoms with Crippen LogP contribution in [-0.4, -0.2) is 55.9 Å². The van der Waals surface area contributed by atoms with E-state index in [9.17, 15) is 9.18 Å². The van der Waals surface area contributed by atoms with Crippen LogP contribution in [0.5, 0.6) is 0 Å². The number of esters is 1. The molecule has 1 aliphatic heterocycles. The molecule has 4 saturated carbocycles. The van der Waals surface area contributed by atoms with Gasteiger partial charge in [-0.25, -0.2) is 0 Å². The number of carbonyl (C=O) groups is 1. The highest BCUT2D eigenvalue weighted by Gasteiger charge is 2.69. The van der Waals surface area contributed by atoms with E-state index in [1.54, 1.807) is 11.1 Å². The first-order valence-electron chi connectivity index (χ1n) is 20.9. The molecule has 0 amide bonds. The van der Waals surface area contributed by atoms with E-state index in [4.69, 9.17) is 4.74 Å². The van der Waals surface area contributed by atoms with Crippen molar-refractivity contribution >= 4 is 5.97 Å². The average Bonchev–Trinajstić information content (AvgIpc) is 3.50. The molecule has 276 valence electrons. The molecule has 7 aliphatic rings. The standard InChI is InChI=1S/C44H71FN2O2/c1-8-49-38(48)40(4)24-27-47(28-25-40)29-26-46-44-19-9-10-35(44)34-15-16-37-41(5)20-17-33(32-13-11-31(30-45)12-14-32)39(2,3)36(41)18-21-43(37,7)42(34,6)22-23-44/h13,17,31,34-37,46H,8-12,14-16,18-30H2,1-7H3/t31?,34?,35?,36?,37?,41?,42-,43?,44?/m1/s1. The largest absolute Gasteiger partial charge is 0.466 e. The molecular weight excluding hydrogens is 607 g/mol. The average molecular weight is 679 g/mol. The highest BCUT2D eigenvalue weighted by atomic mass is 19.1. The Kier molecular flexibility index (Phi) is 9.62. The lowest BCUT2D eigenvalue weighted by atomic mass is 9.33. The molecule has 0 aromatic heterocycles. The summed E-state index contributed by atoms with van der Waals surface area (Å²) >= 11 is 0. The zero-order valence-electron chi connectivity index (χ0n) is 32.5. The number of piperidine rings is 1. The van der Waals surface area contributed by atoms with Gasteiger partial charge in [-0.1, -0.05) is 53.2 Å². The topological polar surface area (TPSA) is 41.6 Å². The highest BCUT2D eigenvalue weighted by Crippen LogP contribution is 2.76. The van der Waals surface area contributed by atoms with E-state index in [1.807, 2.05) is 6.92 Å². The fourth-order valence-electron chi connectivity index (χ4n) is 14.5. The van der Waals surface area contributed by atoms with Crippen LogP contribution in [0, 0.1) is 56.7 Å². The molecule has 5 heteroatoms. The molecule has 6 aliphatic carbocycles. The van der Waals surface area contributed by atoms with Gasteiger partial charge in [-0.3, -0.25) is 9.18 Å². The van der Waals surface area contributed by atoms with Crippen LogP contribution in [0.25, 0.3) is 0 Å². The van der Waals surface area contributed by atoms with Crippen molar-refractivity contribution in [3.05, 3.63) is 23.3 Å². The van der Waals surface area contributed by atoms with Gasteiger partial charge in [0, 0.05) is 18.6 Å². The molecule has 7 rings (SSSR count). The van der Waals surface area contributed by atoms with E-state index in [2.05, 4.69) is 63.9 Å². The molecule has 0 radical (unpaired) electrons. The third-order valence-electron chi connectivity index (χ3n) is 17.7. The zero-order chi connectivity index (χ0) is 34.9. The van der Waals surface area contributed by atoms with Gasteiger partial charge in [-0.2, -0.15) is 0 Å². The minimum Gasteiger partial charge on any atom is -0.466 e. The number of carbonyl (C=O) groups excluding carboxylic acids is 1. The third-order valence-corrected chi connectivity index (χ3v) is 17.7. The van der Waals surface area contributed by atoms with E-state index >= 15 is 0 Å². The fraction of sp³-hybridized carbons (Fsp3) is 0.886. The summed E-state index contributed by atoms with van der Waals surface area (Å²) in [5.41, 5.74) is 4.53. The van der Waals surface area contributed by atoms with Gasteiger partial charge in [0.2, 0.25) is 0 Å². The minimum absolute atomic E-state index is 0.00374. The molecule has 49 heavy (non-hydrogen) atoms. The number of ether oxygens (including phenoxy) is 1. The van der Waals surface area contributed by atoms with E-state index in [1.165, 1.54) is 64.2 Å². The first-order chi connectivity index (χ1) is 23.3. The molecule has 0 bridgehead atoms. The van der Waals surface area contributed by atoms with Gasteiger partial charge in [0.15, 0.2) is 0 Å². The normalized spacial score (nSPS) is 44.4. The van der Waals surface area contributed by atoms with Crippen LogP contribution in [-0.2, 0) is 9.53 Å². The maximum Gasteiger partial charge on any atom is 0.311 e. The number of rotatable bonds is 8. The summed E-state index contributed by atoms with van der Waals surface area (Å²) in [6, 6.07) is 0. The Morgan fingerprint density at radius 3 is 2.35 bits per heavy atom. The molecule has 9 atom stereocenters. The van der Waals surface area contributed by atoms with Crippen LogP contribution >= 0.6 is 0 Å². The Balaban J connectivity index is 1.04. The highest BCUT2D eigenvalue weighted by molar-refractivity contribution is 5.76. The second-order valence-electron chi connectivity index (χ2n) is 19.9. The molecular formula is C44H71FN2O2. The van der Waals surface area contributed by atoms with Crippen LogP contribution in [0.15, 0.2) is 23.3 Å². The quantitative estimate of drug-likeness (QED) is 0.260. The summed E-state index contributed by atoms with van der Waals surface area (Å²) in [5.74, 6) is 3.38. The van der Waals surface area contributed by atoms with Crippen LogP contribution < -0.4 is 5.32 Å². The van der Waals surface area contributed by atoms with E-state index < -0.39 is 0 Å². The van der Waals surface area contributed by atoms with Crippen molar-refractivity contribution in [3.63, 3.8) is 0 Å². The molecule has 0 spiro atoms. The van der Waals surface area contributed by atoms with Crippen molar-refractivity contribution in [1.82, 2.24) is 10.2 Å². The molecule has 1 heterocycles. The first-order valence-corrected chi connectivity index (χ1v) is 20.9. The van der Waals surface area contributed by atoms with Gasteiger partial charge in [-0.15, -0.1) is 0 Å². The van der Waals surface area contributed by atoms with Crippen molar-refractivity contribution < 1.29 is 13.9 Å². The number of allylic oxidation sites excluding steroid dienone is 4.